The Morgan fingerprint density at radius 3 is 2.85 bits per heavy atom. The highest BCUT2D eigenvalue weighted by Gasteiger charge is 2.23. The smallest absolute Gasteiger partial charge is 0.226 e. The Morgan fingerprint density at radius 2 is 2.10 bits per heavy atom. The first-order chi connectivity index (χ1) is 9.78. The van der Waals surface area contributed by atoms with Gasteiger partial charge in [-0.1, -0.05) is 0 Å². The Balaban J connectivity index is 1.60. The minimum Gasteiger partial charge on any atom is -0.317 e. The van der Waals surface area contributed by atoms with Gasteiger partial charge in [-0.3, -0.25) is 4.79 Å². The van der Waals surface area contributed by atoms with Crippen LogP contribution in [0.2, 0.25) is 0 Å². The molecule has 1 aliphatic carbocycles. The molecule has 2 heterocycles. The van der Waals surface area contributed by atoms with E-state index in [1.165, 1.54) is 23.3 Å². The number of carbonyl (C=O) groups is 1. The lowest BCUT2D eigenvalue weighted by Crippen LogP contribution is -2.25. The third-order valence-corrected chi connectivity index (χ3v) is 5.35. The van der Waals surface area contributed by atoms with Crippen molar-refractivity contribution in [3.8, 4) is 6.07 Å². The Bertz CT molecular complexity index is 552. The molecule has 0 unspecified atom stereocenters. The number of thiophene rings is 1. The standard InChI is InChI=1S/C15H19N3OS/c16-10-12-11-4-3-5-13(11)20-15(12)17-14(19)6-9-18-7-1-2-8-18/h1-9H2,(H,17,19). The third kappa shape index (κ3) is 2.72. The molecular formula is C15H19N3OS. The summed E-state index contributed by atoms with van der Waals surface area (Å²) >= 11 is 1.59. The van der Waals surface area contributed by atoms with Gasteiger partial charge < -0.3 is 10.2 Å². The van der Waals surface area contributed by atoms with Gasteiger partial charge in [0.05, 0.1) is 5.56 Å². The molecule has 0 saturated carbocycles. The first-order valence-electron chi connectivity index (χ1n) is 7.35. The number of carbonyl (C=O) groups excluding carboxylic acids is 1. The maximum Gasteiger partial charge on any atom is 0.226 e. The highest BCUT2D eigenvalue weighted by Crippen LogP contribution is 2.38. The highest BCUT2D eigenvalue weighted by atomic mass is 32.1. The van der Waals surface area contributed by atoms with Gasteiger partial charge in [0, 0.05) is 17.8 Å². The van der Waals surface area contributed by atoms with Crippen LogP contribution in [0.1, 0.15) is 41.7 Å². The fourth-order valence-electron chi connectivity index (χ4n) is 3.07. The molecule has 3 rings (SSSR count). The number of fused-ring (bicyclic) bond motifs is 1. The second kappa shape index (κ2) is 5.94. The van der Waals surface area contributed by atoms with Crippen molar-refractivity contribution >= 4 is 22.2 Å². The lowest BCUT2D eigenvalue weighted by Gasteiger charge is -2.13. The summed E-state index contributed by atoms with van der Waals surface area (Å²) in [6.07, 6.45) is 6.19. The average molecular weight is 289 g/mol. The van der Waals surface area contributed by atoms with E-state index in [-0.39, 0.29) is 5.91 Å². The maximum absolute atomic E-state index is 12.0. The normalized spacial score (nSPS) is 17.9. The summed E-state index contributed by atoms with van der Waals surface area (Å²) in [6.45, 7) is 3.06. The van der Waals surface area contributed by atoms with Crippen molar-refractivity contribution in [1.29, 1.82) is 5.26 Å². The van der Waals surface area contributed by atoms with Crippen molar-refractivity contribution in [2.24, 2.45) is 0 Å². The van der Waals surface area contributed by atoms with E-state index in [1.54, 1.807) is 11.3 Å². The number of hydrogen-bond donors (Lipinski definition) is 1. The molecule has 106 valence electrons. The summed E-state index contributed by atoms with van der Waals surface area (Å²) in [6, 6.07) is 2.26. The Labute approximate surface area is 123 Å². The number of rotatable bonds is 4. The molecule has 1 amide bonds. The predicted octanol–water partition coefficient (Wildman–Crippen LogP) is 2.53. The number of likely N-dealkylation sites (tertiary alicyclic amines) is 1. The van der Waals surface area contributed by atoms with Gasteiger partial charge in [-0.2, -0.15) is 5.26 Å². The molecule has 20 heavy (non-hydrogen) atoms. The van der Waals surface area contributed by atoms with Gasteiger partial charge in [-0.25, -0.2) is 0 Å². The number of nitrogens with zero attached hydrogens (tertiary/aromatic N) is 2. The predicted molar refractivity (Wildman–Crippen MR) is 80.0 cm³/mol. The number of nitrogens with one attached hydrogen (secondary N) is 1. The van der Waals surface area contributed by atoms with Gasteiger partial charge in [-0.05, 0) is 50.8 Å². The van der Waals surface area contributed by atoms with Crippen LogP contribution >= 0.6 is 11.3 Å². The molecular weight excluding hydrogens is 270 g/mol. The second-order valence-corrected chi connectivity index (χ2v) is 6.63. The van der Waals surface area contributed by atoms with E-state index in [0.29, 0.717) is 12.0 Å². The van der Waals surface area contributed by atoms with Crippen molar-refractivity contribution < 1.29 is 4.79 Å². The molecule has 1 fully saturated rings. The van der Waals surface area contributed by atoms with E-state index in [0.717, 1.165) is 43.9 Å². The van der Waals surface area contributed by atoms with Crippen LogP contribution in [-0.2, 0) is 17.6 Å². The van der Waals surface area contributed by atoms with Crippen LogP contribution in [0.25, 0.3) is 0 Å². The summed E-state index contributed by atoms with van der Waals surface area (Å²) in [5.41, 5.74) is 1.88. The summed E-state index contributed by atoms with van der Waals surface area (Å²) in [5.74, 6) is 0.0355. The summed E-state index contributed by atoms with van der Waals surface area (Å²) in [7, 11) is 0. The van der Waals surface area contributed by atoms with E-state index in [4.69, 9.17) is 0 Å². The zero-order chi connectivity index (χ0) is 13.9. The Hall–Kier alpha value is -1.38. The van der Waals surface area contributed by atoms with E-state index < -0.39 is 0 Å². The Morgan fingerprint density at radius 1 is 1.30 bits per heavy atom. The number of nitriles is 1. The Kier molecular flexibility index (Phi) is 4.04. The van der Waals surface area contributed by atoms with Crippen molar-refractivity contribution in [3.05, 3.63) is 16.0 Å². The molecule has 0 atom stereocenters. The van der Waals surface area contributed by atoms with E-state index >= 15 is 0 Å². The largest absolute Gasteiger partial charge is 0.317 e. The van der Waals surface area contributed by atoms with Gasteiger partial charge in [0.2, 0.25) is 5.91 Å². The van der Waals surface area contributed by atoms with Crippen LogP contribution in [0.4, 0.5) is 5.00 Å². The molecule has 0 bridgehead atoms. The number of amides is 1. The number of aryl methyl sites for hydroxylation is 1. The monoisotopic (exact) mass is 289 g/mol. The molecule has 1 aromatic heterocycles. The minimum atomic E-state index is 0.0355. The molecule has 2 aliphatic rings. The van der Waals surface area contributed by atoms with Crippen molar-refractivity contribution in [3.63, 3.8) is 0 Å². The highest BCUT2D eigenvalue weighted by molar-refractivity contribution is 7.16. The first kappa shape index (κ1) is 13.6. The van der Waals surface area contributed by atoms with Crippen molar-refractivity contribution in [1.82, 2.24) is 4.90 Å². The average Bonchev–Trinajstić information content (AvgIpc) is 3.12. The molecule has 5 heteroatoms. The SMILES string of the molecule is N#Cc1c(NC(=O)CCN2CCCC2)sc2c1CCC2. The lowest BCUT2D eigenvalue weighted by molar-refractivity contribution is -0.116. The summed E-state index contributed by atoms with van der Waals surface area (Å²) in [4.78, 5) is 15.6. The molecule has 0 spiro atoms. The van der Waals surface area contributed by atoms with Crippen LogP contribution in [-0.4, -0.2) is 30.4 Å². The fraction of sp³-hybridized carbons (Fsp3) is 0.600. The molecule has 1 saturated heterocycles. The second-order valence-electron chi connectivity index (χ2n) is 5.52. The van der Waals surface area contributed by atoms with Crippen LogP contribution in [0.5, 0.6) is 0 Å². The summed E-state index contributed by atoms with van der Waals surface area (Å²) in [5, 5.41) is 13.0. The van der Waals surface area contributed by atoms with Crippen molar-refractivity contribution in [2.75, 3.05) is 25.0 Å². The minimum absolute atomic E-state index is 0.0355. The van der Waals surface area contributed by atoms with E-state index in [2.05, 4.69) is 16.3 Å². The first-order valence-corrected chi connectivity index (χ1v) is 8.16. The van der Waals surface area contributed by atoms with Crippen LogP contribution in [0.3, 0.4) is 0 Å². The van der Waals surface area contributed by atoms with E-state index in [9.17, 15) is 10.1 Å². The zero-order valence-electron chi connectivity index (χ0n) is 11.6. The van der Waals surface area contributed by atoms with E-state index in [1.807, 2.05) is 0 Å². The van der Waals surface area contributed by atoms with Gasteiger partial charge in [0.1, 0.15) is 11.1 Å². The molecule has 4 nitrogen and oxygen atoms in total. The summed E-state index contributed by atoms with van der Waals surface area (Å²) < 4.78 is 0. The fourth-order valence-corrected chi connectivity index (χ4v) is 4.32. The number of anilines is 1. The molecule has 0 aromatic carbocycles. The zero-order valence-corrected chi connectivity index (χ0v) is 12.4. The van der Waals surface area contributed by atoms with Crippen LogP contribution in [0, 0.1) is 11.3 Å². The maximum atomic E-state index is 12.0. The van der Waals surface area contributed by atoms with Crippen LogP contribution < -0.4 is 5.32 Å². The molecule has 0 radical (unpaired) electrons. The van der Waals surface area contributed by atoms with Gasteiger partial charge >= 0.3 is 0 Å². The topological polar surface area (TPSA) is 56.1 Å². The van der Waals surface area contributed by atoms with Crippen LogP contribution in [0.15, 0.2) is 0 Å². The van der Waals surface area contributed by atoms with Gasteiger partial charge in [-0.15, -0.1) is 11.3 Å². The third-order valence-electron chi connectivity index (χ3n) is 4.14. The number of hydrogen-bond acceptors (Lipinski definition) is 4. The lowest BCUT2D eigenvalue weighted by atomic mass is 10.1. The molecule has 1 aliphatic heterocycles. The molecule has 1 aromatic rings. The van der Waals surface area contributed by atoms with Crippen molar-refractivity contribution in [2.45, 2.75) is 38.5 Å². The molecule has 1 N–H and O–H groups in total. The van der Waals surface area contributed by atoms with Gasteiger partial charge in [0.15, 0.2) is 0 Å². The van der Waals surface area contributed by atoms with Gasteiger partial charge in [0.25, 0.3) is 0 Å². The quantitative estimate of drug-likeness (QED) is 0.926.